The molecule has 0 aromatic heterocycles. The maximum Gasteiger partial charge on any atom is 0.322 e. The number of β-amino-alcohol motifs (C(OH)–C–C–N with tert-alkyl or cyclic N) is 1. The summed E-state index contributed by atoms with van der Waals surface area (Å²) >= 11 is 0. The topological polar surface area (TPSA) is 61.8 Å². The lowest BCUT2D eigenvalue weighted by molar-refractivity contribution is 0.0883. The largest absolute Gasteiger partial charge is 0.455 e. The molecule has 1 fully saturated rings. The highest BCUT2D eigenvalue weighted by Crippen LogP contribution is 2.29. The molecular formula is C18H20N2O3. The summed E-state index contributed by atoms with van der Waals surface area (Å²) < 4.78 is 5.84. The molecule has 3 rings (SSSR count). The van der Waals surface area contributed by atoms with Gasteiger partial charge in [0.25, 0.3) is 0 Å². The number of aliphatic hydroxyl groups excluding tert-OH is 1. The lowest BCUT2D eigenvalue weighted by Gasteiger charge is -2.30. The van der Waals surface area contributed by atoms with Crippen LogP contribution < -0.4 is 10.1 Å². The fourth-order valence-electron chi connectivity index (χ4n) is 2.61. The highest BCUT2D eigenvalue weighted by molar-refractivity contribution is 5.91. The van der Waals surface area contributed by atoms with E-state index in [1.165, 1.54) is 0 Å². The van der Waals surface area contributed by atoms with Crippen LogP contribution in [-0.2, 0) is 0 Å². The van der Waals surface area contributed by atoms with Crippen molar-refractivity contribution < 1.29 is 14.6 Å². The highest BCUT2D eigenvalue weighted by atomic mass is 16.5. The van der Waals surface area contributed by atoms with Gasteiger partial charge in [-0.05, 0) is 37.1 Å². The molecule has 2 amide bonds. The molecule has 0 saturated carbocycles. The number of urea groups is 1. The molecule has 1 saturated heterocycles. The van der Waals surface area contributed by atoms with Gasteiger partial charge < -0.3 is 20.1 Å². The number of anilines is 1. The number of carbonyl (C=O) groups is 1. The Kier molecular flexibility index (Phi) is 4.78. The number of rotatable bonds is 3. The molecule has 1 aliphatic rings. The molecule has 2 aromatic rings. The fraction of sp³-hybridized carbons (Fsp3) is 0.278. The molecule has 5 nitrogen and oxygen atoms in total. The van der Waals surface area contributed by atoms with Crippen LogP contribution in [0.2, 0.25) is 0 Å². The quantitative estimate of drug-likeness (QED) is 0.912. The molecule has 2 aromatic carbocycles. The molecule has 0 bridgehead atoms. The van der Waals surface area contributed by atoms with Crippen LogP contribution in [0.4, 0.5) is 10.5 Å². The van der Waals surface area contributed by atoms with Crippen molar-refractivity contribution in [1.29, 1.82) is 0 Å². The number of ether oxygens (including phenoxy) is 1. The summed E-state index contributed by atoms with van der Waals surface area (Å²) in [6.45, 7) is 1.03. The van der Waals surface area contributed by atoms with Crippen LogP contribution >= 0.6 is 0 Å². The van der Waals surface area contributed by atoms with Gasteiger partial charge >= 0.3 is 6.03 Å². The minimum atomic E-state index is -0.440. The molecule has 0 radical (unpaired) electrons. The molecule has 1 heterocycles. The van der Waals surface area contributed by atoms with Crippen molar-refractivity contribution in [1.82, 2.24) is 4.90 Å². The number of hydrogen-bond acceptors (Lipinski definition) is 3. The van der Waals surface area contributed by atoms with Gasteiger partial charge in [-0.2, -0.15) is 0 Å². The number of piperidine rings is 1. The van der Waals surface area contributed by atoms with Crippen LogP contribution in [0, 0.1) is 0 Å². The highest BCUT2D eigenvalue weighted by Gasteiger charge is 2.22. The average Bonchev–Trinajstić information content (AvgIpc) is 2.57. The third-order valence-electron chi connectivity index (χ3n) is 3.78. The molecule has 0 spiro atoms. The van der Waals surface area contributed by atoms with Crippen LogP contribution in [0.15, 0.2) is 54.6 Å². The van der Waals surface area contributed by atoms with E-state index in [1.54, 1.807) is 11.0 Å². The van der Waals surface area contributed by atoms with E-state index < -0.39 is 6.10 Å². The number of amides is 2. The lowest BCUT2D eigenvalue weighted by atomic mass is 10.1. The molecule has 5 heteroatoms. The molecular weight excluding hydrogens is 292 g/mol. The van der Waals surface area contributed by atoms with E-state index in [0.29, 0.717) is 30.3 Å². The second-order valence-corrected chi connectivity index (χ2v) is 5.58. The Morgan fingerprint density at radius 1 is 1.13 bits per heavy atom. The van der Waals surface area contributed by atoms with Gasteiger partial charge in [0, 0.05) is 13.1 Å². The van der Waals surface area contributed by atoms with E-state index in [-0.39, 0.29) is 6.03 Å². The summed E-state index contributed by atoms with van der Waals surface area (Å²) in [4.78, 5) is 14.0. The Morgan fingerprint density at radius 3 is 2.65 bits per heavy atom. The zero-order valence-electron chi connectivity index (χ0n) is 12.8. The molecule has 120 valence electrons. The van der Waals surface area contributed by atoms with Crippen LogP contribution in [0.1, 0.15) is 12.8 Å². The number of carbonyl (C=O) groups excluding carboxylic acids is 1. The number of nitrogens with zero attached hydrogens (tertiary/aromatic N) is 1. The zero-order valence-corrected chi connectivity index (χ0v) is 12.8. The minimum Gasteiger partial charge on any atom is -0.455 e. The molecule has 0 aliphatic carbocycles. The van der Waals surface area contributed by atoms with Gasteiger partial charge in [0.05, 0.1) is 11.8 Å². The van der Waals surface area contributed by atoms with Crippen molar-refractivity contribution in [3.63, 3.8) is 0 Å². The van der Waals surface area contributed by atoms with Gasteiger partial charge in [0.1, 0.15) is 5.75 Å². The molecule has 1 atom stereocenters. The van der Waals surface area contributed by atoms with Crippen molar-refractivity contribution in [2.45, 2.75) is 18.9 Å². The van der Waals surface area contributed by atoms with Crippen LogP contribution in [0.5, 0.6) is 11.5 Å². The van der Waals surface area contributed by atoms with E-state index in [9.17, 15) is 9.90 Å². The zero-order chi connectivity index (χ0) is 16.1. The fourth-order valence-corrected chi connectivity index (χ4v) is 2.61. The van der Waals surface area contributed by atoms with Crippen molar-refractivity contribution in [2.24, 2.45) is 0 Å². The van der Waals surface area contributed by atoms with E-state index in [0.717, 1.165) is 12.8 Å². The number of nitrogens with one attached hydrogen (secondary N) is 1. The number of benzene rings is 2. The first-order valence-corrected chi connectivity index (χ1v) is 7.78. The summed E-state index contributed by atoms with van der Waals surface area (Å²) in [7, 11) is 0. The first-order chi connectivity index (χ1) is 11.2. The Hall–Kier alpha value is -2.53. The number of hydrogen-bond donors (Lipinski definition) is 2. The van der Waals surface area contributed by atoms with Crippen molar-refractivity contribution in [2.75, 3.05) is 18.4 Å². The number of para-hydroxylation sites is 3. The van der Waals surface area contributed by atoms with Crippen LogP contribution in [0.25, 0.3) is 0 Å². The Morgan fingerprint density at radius 2 is 1.87 bits per heavy atom. The van der Waals surface area contributed by atoms with E-state index in [4.69, 9.17) is 4.74 Å². The molecule has 1 unspecified atom stereocenters. The van der Waals surface area contributed by atoms with Gasteiger partial charge in [0.15, 0.2) is 5.75 Å². The Labute approximate surface area is 135 Å². The van der Waals surface area contributed by atoms with Crippen molar-refractivity contribution in [3.8, 4) is 11.5 Å². The predicted molar refractivity (Wildman–Crippen MR) is 88.8 cm³/mol. The number of aliphatic hydroxyl groups is 1. The van der Waals surface area contributed by atoms with Gasteiger partial charge in [0.2, 0.25) is 0 Å². The van der Waals surface area contributed by atoms with Gasteiger partial charge in [-0.3, -0.25) is 0 Å². The number of likely N-dealkylation sites (tertiary alicyclic amines) is 1. The SMILES string of the molecule is O=C(Nc1ccccc1Oc1ccccc1)N1CCCC(O)C1. The Balaban J connectivity index is 1.71. The summed E-state index contributed by atoms with van der Waals surface area (Å²) in [5.41, 5.74) is 0.612. The van der Waals surface area contributed by atoms with E-state index in [2.05, 4.69) is 5.32 Å². The first kappa shape index (κ1) is 15.4. The Bertz CT molecular complexity index is 660. The van der Waals surface area contributed by atoms with E-state index in [1.807, 2.05) is 48.5 Å². The molecule has 1 aliphatic heterocycles. The minimum absolute atomic E-state index is 0.215. The standard InChI is InChI=1S/C18H20N2O3/c21-14-7-6-12-20(13-14)18(22)19-16-10-4-5-11-17(16)23-15-8-2-1-3-9-15/h1-5,8-11,14,21H,6-7,12-13H2,(H,19,22). The van der Waals surface area contributed by atoms with Crippen molar-refractivity contribution in [3.05, 3.63) is 54.6 Å². The third kappa shape index (κ3) is 4.02. The summed E-state index contributed by atoms with van der Waals surface area (Å²) in [5.74, 6) is 1.30. The summed E-state index contributed by atoms with van der Waals surface area (Å²) in [5, 5.41) is 12.6. The van der Waals surface area contributed by atoms with Gasteiger partial charge in [-0.15, -0.1) is 0 Å². The van der Waals surface area contributed by atoms with E-state index >= 15 is 0 Å². The maximum atomic E-state index is 12.4. The average molecular weight is 312 g/mol. The first-order valence-electron chi connectivity index (χ1n) is 7.78. The van der Waals surface area contributed by atoms with Crippen LogP contribution in [0.3, 0.4) is 0 Å². The second kappa shape index (κ2) is 7.15. The predicted octanol–water partition coefficient (Wildman–Crippen LogP) is 3.47. The monoisotopic (exact) mass is 312 g/mol. The summed E-state index contributed by atoms with van der Waals surface area (Å²) in [6, 6.07) is 16.5. The normalized spacial score (nSPS) is 17.6. The van der Waals surface area contributed by atoms with Crippen molar-refractivity contribution >= 4 is 11.7 Å². The molecule has 23 heavy (non-hydrogen) atoms. The van der Waals surface area contributed by atoms with Gasteiger partial charge in [-0.25, -0.2) is 4.79 Å². The smallest absolute Gasteiger partial charge is 0.322 e. The third-order valence-corrected chi connectivity index (χ3v) is 3.78. The lowest BCUT2D eigenvalue weighted by Crippen LogP contribution is -2.44. The summed E-state index contributed by atoms with van der Waals surface area (Å²) in [6.07, 6.45) is 1.12. The molecule has 2 N–H and O–H groups in total. The second-order valence-electron chi connectivity index (χ2n) is 5.58. The van der Waals surface area contributed by atoms with Crippen LogP contribution in [-0.4, -0.2) is 35.2 Å². The van der Waals surface area contributed by atoms with Gasteiger partial charge in [-0.1, -0.05) is 30.3 Å². The maximum absolute atomic E-state index is 12.4.